The number of urea groups is 1. The van der Waals surface area contributed by atoms with Crippen LogP contribution < -0.4 is 5.32 Å². The lowest BCUT2D eigenvalue weighted by molar-refractivity contribution is -0.143. The summed E-state index contributed by atoms with van der Waals surface area (Å²) < 4.78 is 0.654. The molecule has 2 aromatic rings. The number of carbonyl (C=O) groups is 2. The van der Waals surface area contributed by atoms with E-state index in [1.165, 1.54) is 0 Å². The second kappa shape index (κ2) is 6.72. The van der Waals surface area contributed by atoms with Crippen molar-refractivity contribution in [2.75, 3.05) is 18.4 Å². The van der Waals surface area contributed by atoms with Crippen LogP contribution in [-0.4, -0.2) is 45.1 Å². The number of aliphatic carboxylic acids is 1. The van der Waals surface area contributed by atoms with E-state index in [-0.39, 0.29) is 18.5 Å². The molecule has 0 aliphatic carbocycles. The van der Waals surface area contributed by atoms with E-state index in [2.05, 4.69) is 31.2 Å². The summed E-state index contributed by atoms with van der Waals surface area (Å²) in [6.45, 7) is 2.72. The summed E-state index contributed by atoms with van der Waals surface area (Å²) in [5, 5.41) is 12.1. The summed E-state index contributed by atoms with van der Waals surface area (Å²) in [5.41, 5.74) is 1.96. The van der Waals surface area contributed by atoms with E-state index < -0.39 is 11.9 Å². The van der Waals surface area contributed by atoms with Crippen molar-refractivity contribution in [2.45, 2.75) is 13.3 Å². The van der Waals surface area contributed by atoms with Gasteiger partial charge in [0.2, 0.25) is 0 Å². The number of nitrogens with one attached hydrogen (secondary N) is 1. The van der Waals surface area contributed by atoms with Gasteiger partial charge in [-0.25, -0.2) is 4.79 Å². The van der Waals surface area contributed by atoms with Crippen LogP contribution in [0.5, 0.6) is 0 Å². The minimum atomic E-state index is -0.860. The molecule has 2 N–H and O–H groups in total. The van der Waals surface area contributed by atoms with Crippen LogP contribution in [0.3, 0.4) is 0 Å². The number of piperidine rings is 1. The van der Waals surface area contributed by atoms with Gasteiger partial charge in [-0.2, -0.15) is 0 Å². The van der Waals surface area contributed by atoms with E-state index >= 15 is 0 Å². The van der Waals surface area contributed by atoms with Crippen molar-refractivity contribution >= 4 is 44.7 Å². The molecule has 0 bridgehead atoms. The first-order chi connectivity index (χ1) is 11.5. The number of likely N-dealkylation sites (tertiary alicyclic amines) is 1. The van der Waals surface area contributed by atoms with Gasteiger partial charge in [-0.1, -0.05) is 6.92 Å². The smallest absolute Gasteiger partial charge is 0.321 e. The molecule has 3 rings (SSSR count). The molecule has 24 heavy (non-hydrogen) atoms. The molecule has 2 amide bonds. The highest BCUT2D eigenvalue weighted by molar-refractivity contribution is 9.10. The average molecular weight is 393 g/mol. The first-order valence-corrected chi connectivity index (χ1v) is 8.43. The summed E-state index contributed by atoms with van der Waals surface area (Å²) in [6, 6.07) is 3.22. The number of anilines is 1. The van der Waals surface area contributed by atoms with Gasteiger partial charge in [-0.3, -0.25) is 14.8 Å². The monoisotopic (exact) mass is 392 g/mol. The summed E-state index contributed by atoms with van der Waals surface area (Å²) in [7, 11) is 0. The first-order valence-electron chi connectivity index (χ1n) is 7.63. The summed E-state index contributed by atoms with van der Waals surface area (Å²) in [6.07, 6.45) is 3.78. The first kappa shape index (κ1) is 16.6. The van der Waals surface area contributed by atoms with Crippen molar-refractivity contribution in [1.29, 1.82) is 0 Å². The van der Waals surface area contributed by atoms with Crippen molar-refractivity contribution in [3.8, 4) is 0 Å². The third-order valence-corrected chi connectivity index (χ3v) is 4.92. The van der Waals surface area contributed by atoms with Gasteiger partial charge in [-0.05, 0) is 40.4 Å². The molecular weight excluding hydrogens is 376 g/mol. The fourth-order valence-electron chi connectivity index (χ4n) is 2.99. The number of carbonyl (C=O) groups excluding carboxylic acids is 1. The number of aromatic nitrogens is 2. The van der Waals surface area contributed by atoms with Crippen molar-refractivity contribution in [1.82, 2.24) is 14.9 Å². The van der Waals surface area contributed by atoms with E-state index in [1.54, 1.807) is 29.4 Å². The number of fused-ring (bicyclic) bond motifs is 1. The molecule has 1 aliphatic heterocycles. The molecule has 1 saturated heterocycles. The van der Waals surface area contributed by atoms with Gasteiger partial charge in [0.25, 0.3) is 0 Å². The van der Waals surface area contributed by atoms with Gasteiger partial charge in [0.15, 0.2) is 0 Å². The fourth-order valence-corrected chi connectivity index (χ4v) is 3.53. The maximum absolute atomic E-state index is 12.5. The van der Waals surface area contributed by atoms with E-state index in [4.69, 9.17) is 0 Å². The molecule has 0 radical (unpaired) electrons. The van der Waals surface area contributed by atoms with Gasteiger partial charge in [-0.15, -0.1) is 0 Å². The second-order valence-electron chi connectivity index (χ2n) is 6.06. The zero-order valence-electron chi connectivity index (χ0n) is 13.1. The molecule has 2 heterocycles. The summed E-state index contributed by atoms with van der Waals surface area (Å²) in [5.74, 6) is -1.23. The van der Waals surface area contributed by atoms with Gasteiger partial charge >= 0.3 is 12.0 Å². The Morgan fingerprint density at radius 2 is 2.04 bits per heavy atom. The van der Waals surface area contributed by atoms with Crippen LogP contribution in [0.15, 0.2) is 29.0 Å². The number of benzene rings is 1. The Balaban J connectivity index is 1.79. The maximum Gasteiger partial charge on any atom is 0.321 e. The van der Waals surface area contributed by atoms with Crippen molar-refractivity contribution in [2.24, 2.45) is 11.8 Å². The van der Waals surface area contributed by atoms with Crippen LogP contribution in [0.1, 0.15) is 13.3 Å². The van der Waals surface area contributed by atoms with Crippen LogP contribution in [0.4, 0.5) is 10.5 Å². The largest absolute Gasteiger partial charge is 0.481 e. The highest BCUT2D eigenvalue weighted by Crippen LogP contribution is 2.30. The maximum atomic E-state index is 12.5. The number of carboxylic acids is 1. The van der Waals surface area contributed by atoms with Crippen molar-refractivity contribution in [3.63, 3.8) is 0 Å². The Bertz CT molecular complexity index is 798. The molecule has 126 valence electrons. The zero-order valence-corrected chi connectivity index (χ0v) is 14.7. The number of hydrogen-bond acceptors (Lipinski definition) is 4. The number of halogens is 1. The van der Waals surface area contributed by atoms with Gasteiger partial charge < -0.3 is 15.3 Å². The van der Waals surface area contributed by atoms with E-state index in [9.17, 15) is 14.7 Å². The second-order valence-corrected chi connectivity index (χ2v) is 6.86. The van der Waals surface area contributed by atoms with Crippen molar-refractivity contribution in [3.05, 3.63) is 29.0 Å². The predicted molar refractivity (Wildman–Crippen MR) is 92.7 cm³/mol. The standard InChI is InChI=1S/C16H17BrN4O3/c1-9-6-10(15(22)23)8-21(7-9)16(24)20-11-2-3-12-14(13(11)17)19-5-4-18-12/h2-5,9-10H,6-8H2,1H3,(H,20,24)(H,22,23). The molecule has 0 spiro atoms. The summed E-state index contributed by atoms with van der Waals surface area (Å²) in [4.78, 5) is 33.8. The Hall–Kier alpha value is -2.22. The third-order valence-electron chi connectivity index (χ3n) is 4.12. The number of nitrogens with zero attached hydrogens (tertiary/aromatic N) is 3. The molecule has 1 aromatic carbocycles. The third kappa shape index (κ3) is 3.33. The van der Waals surface area contributed by atoms with Crippen LogP contribution >= 0.6 is 15.9 Å². The lowest BCUT2D eigenvalue weighted by Gasteiger charge is -2.34. The highest BCUT2D eigenvalue weighted by Gasteiger charge is 2.32. The van der Waals surface area contributed by atoms with Crippen LogP contribution in [0, 0.1) is 11.8 Å². The number of carboxylic acid groups (broad SMARTS) is 1. The van der Waals surface area contributed by atoms with Gasteiger partial charge in [0.05, 0.1) is 21.6 Å². The van der Waals surface area contributed by atoms with Crippen molar-refractivity contribution < 1.29 is 14.7 Å². The van der Waals surface area contributed by atoms with Crippen LogP contribution in [0.25, 0.3) is 11.0 Å². The molecule has 7 nitrogen and oxygen atoms in total. The van der Waals surface area contributed by atoms with E-state index in [1.807, 2.05) is 6.92 Å². The average Bonchev–Trinajstić information content (AvgIpc) is 2.57. The highest BCUT2D eigenvalue weighted by atomic mass is 79.9. The Labute approximate surface area is 147 Å². The SMILES string of the molecule is CC1CC(C(=O)O)CN(C(=O)Nc2ccc3nccnc3c2Br)C1. The van der Waals surface area contributed by atoms with Gasteiger partial charge in [0, 0.05) is 25.5 Å². The number of rotatable bonds is 2. The molecule has 1 fully saturated rings. The lowest BCUT2D eigenvalue weighted by atomic mass is 9.91. The minimum Gasteiger partial charge on any atom is -0.481 e. The number of amides is 2. The molecule has 1 aromatic heterocycles. The Morgan fingerprint density at radius 1 is 1.29 bits per heavy atom. The lowest BCUT2D eigenvalue weighted by Crippen LogP contribution is -2.47. The molecule has 2 atom stereocenters. The van der Waals surface area contributed by atoms with Gasteiger partial charge in [0.1, 0.15) is 5.52 Å². The zero-order chi connectivity index (χ0) is 17.3. The Morgan fingerprint density at radius 3 is 2.79 bits per heavy atom. The minimum absolute atomic E-state index is 0.150. The fraction of sp³-hybridized carbons (Fsp3) is 0.375. The quantitative estimate of drug-likeness (QED) is 0.818. The molecule has 0 saturated carbocycles. The predicted octanol–water partition coefficient (Wildman–Crippen LogP) is 2.97. The summed E-state index contributed by atoms with van der Waals surface area (Å²) >= 11 is 3.45. The number of hydrogen-bond donors (Lipinski definition) is 2. The van der Waals surface area contributed by atoms with Crippen LogP contribution in [0.2, 0.25) is 0 Å². The Kier molecular flexibility index (Phi) is 4.66. The van der Waals surface area contributed by atoms with E-state index in [0.29, 0.717) is 28.6 Å². The molecule has 1 aliphatic rings. The van der Waals surface area contributed by atoms with Crippen LogP contribution in [-0.2, 0) is 4.79 Å². The molecular formula is C16H17BrN4O3. The topological polar surface area (TPSA) is 95.4 Å². The normalized spacial score (nSPS) is 20.8. The van der Waals surface area contributed by atoms with E-state index in [0.717, 1.165) is 5.52 Å². The molecule has 8 heteroatoms. The molecule has 2 unspecified atom stereocenters.